The lowest BCUT2D eigenvalue weighted by atomic mass is 9.80. The minimum Gasteiger partial charge on any atom is -0.389 e. The third kappa shape index (κ3) is 3.00. The van der Waals surface area contributed by atoms with Crippen molar-refractivity contribution in [1.82, 2.24) is 9.78 Å². The second-order valence-corrected chi connectivity index (χ2v) is 6.46. The Bertz CT molecular complexity index is 415. The van der Waals surface area contributed by atoms with E-state index in [1.165, 1.54) is 25.7 Å². The van der Waals surface area contributed by atoms with Crippen LogP contribution in [0.1, 0.15) is 63.1 Å². The monoisotopic (exact) mass is 263 g/mol. The summed E-state index contributed by atoms with van der Waals surface area (Å²) in [5.74, 6) is 0. The number of hydrogen-bond acceptors (Lipinski definition) is 3. The number of hydrogen-bond donors (Lipinski definition) is 2. The van der Waals surface area contributed by atoms with Crippen LogP contribution >= 0.6 is 0 Å². The van der Waals surface area contributed by atoms with Gasteiger partial charge in [-0.3, -0.25) is 4.68 Å². The lowest BCUT2D eigenvalue weighted by molar-refractivity contribution is -0.000733. The molecule has 0 bridgehead atoms. The van der Waals surface area contributed by atoms with E-state index in [0.29, 0.717) is 12.5 Å². The molecule has 0 radical (unpaired) electrons. The van der Waals surface area contributed by atoms with E-state index >= 15 is 0 Å². The Kier molecular flexibility index (Phi) is 3.63. The summed E-state index contributed by atoms with van der Waals surface area (Å²) in [6.07, 6.45) is 11.4. The fourth-order valence-electron chi connectivity index (χ4n) is 3.54. The molecule has 106 valence electrons. The molecule has 0 atom stereocenters. The number of rotatable bonds is 3. The van der Waals surface area contributed by atoms with Gasteiger partial charge < -0.3 is 10.8 Å². The summed E-state index contributed by atoms with van der Waals surface area (Å²) in [6, 6.07) is 2.93. The highest BCUT2D eigenvalue weighted by molar-refractivity contribution is 5.06. The molecule has 3 rings (SSSR count). The van der Waals surface area contributed by atoms with Crippen LogP contribution in [-0.2, 0) is 6.42 Å². The molecule has 2 aliphatic rings. The van der Waals surface area contributed by atoms with Gasteiger partial charge in [0.25, 0.3) is 0 Å². The lowest BCUT2D eigenvalue weighted by Gasteiger charge is -2.34. The van der Waals surface area contributed by atoms with Crippen LogP contribution in [0.2, 0.25) is 0 Å². The van der Waals surface area contributed by atoms with E-state index in [1.54, 1.807) is 0 Å². The van der Waals surface area contributed by atoms with Crippen molar-refractivity contribution in [2.75, 3.05) is 0 Å². The van der Waals surface area contributed by atoms with Gasteiger partial charge in [-0.05, 0) is 44.6 Å². The molecule has 1 aromatic heterocycles. The molecule has 1 heterocycles. The first-order chi connectivity index (χ1) is 9.15. The van der Waals surface area contributed by atoms with Gasteiger partial charge in [0.1, 0.15) is 0 Å². The molecule has 2 fully saturated rings. The van der Waals surface area contributed by atoms with Gasteiger partial charge in [-0.2, -0.15) is 5.10 Å². The van der Waals surface area contributed by atoms with E-state index in [1.807, 2.05) is 0 Å². The fraction of sp³-hybridized carbons (Fsp3) is 0.800. The maximum absolute atomic E-state index is 10.6. The largest absolute Gasteiger partial charge is 0.389 e. The molecule has 0 unspecified atom stereocenters. The number of aliphatic hydroxyl groups is 1. The summed E-state index contributed by atoms with van der Waals surface area (Å²) in [4.78, 5) is 0. The van der Waals surface area contributed by atoms with Crippen LogP contribution in [0.5, 0.6) is 0 Å². The van der Waals surface area contributed by atoms with E-state index in [2.05, 4.69) is 22.0 Å². The van der Waals surface area contributed by atoms with Crippen LogP contribution in [0.25, 0.3) is 0 Å². The van der Waals surface area contributed by atoms with E-state index in [-0.39, 0.29) is 6.04 Å². The standard InChI is InChI=1S/C15H25N3O/c16-12-5-8-15(19,9-6-12)11-13-7-10-18(17-13)14-3-1-2-4-14/h7,10,12,14,19H,1-6,8-9,11,16H2. The van der Waals surface area contributed by atoms with Crippen LogP contribution in [0, 0.1) is 0 Å². The first-order valence-electron chi connectivity index (χ1n) is 7.67. The molecule has 2 saturated carbocycles. The third-order valence-corrected chi connectivity index (χ3v) is 4.83. The Morgan fingerprint density at radius 2 is 1.95 bits per heavy atom. The summed E-state index contributed by atoms with van der Waals surface area (Å²) < 4.78 is 2.11. The summed E-state index contributed by atoms with van der Waals surface area (Å²) in [6.45, 7) is 0. The summed E-state index contributed by atoms with van der Waals surface area (Å²) in [5.41, 5.74) is 6.36. The smallest absolute Gasteiger partial charge is 0.0704 e. The number of nitrogens with two attached hydrogens (primary N) is 1. The summed E-state index contributed by atoms with van der Waals surface area (Å²) in [5, 5.41) is 15.3. The van der Waals surface area contributed by atoms with Crippen molar-refractivity contribution in [3.05, 3.63) is 18.0 Å². The van der Waals surface area contributed by atoms with Crippen molar-refractivity contribution in [3.8, 4) is 0 Å². The average Bonchev–Trinajstić information content (AvgIpc) is 3.03. The first-order valence-corrected chi connectivity index (χ1v) is 7.67. The molecule has 4 heteroatoms. The Hall–Kier alpha value is -0.870. The molecule has 0 aromatic carbocycles. The minimum atomic E-state index is -0.579. The molecule has 19 heavy (non-hydrogen) atoms. The molecule has 0 spiro atoms. The molecular formula is C15H25N3O. The summed E-state index contributed by atoms with van der Waals surface area (Å²) >= 11 is 0. The summed E-state index contributed by atoms with van der Waals surface area (Å²) in [7, 11) is 0. The second kappa shape index (κ2) is 5.25. The predicted molar refractivity (Wildman–Crippen MR) is 74.8 cm³/mol. The molecule has 1 aromatic rings. The van der Waals surface area contributed by atoms with Gasteiger partial charge in [0, 0.05) is 18.7 Å². The van der Waals surface area contributed by atoms with Crippen LogP contribution in [0.15, 0.2) is 12.3 Å². The van der Waals surface area contributed by atoms with Gasteiger partial charge in [0.2, 0.25) is 0 Å². The maximum atomic E-state index is 10.6. The zero-order chi connectivity index (χ0) is 13.3. The second-order valence-electron chi connectivity index (χ2n) is 6.46. The van der Waals surface area contributed by atoms with Crippen molar-refractivity contribution in [3.63, 3.8) is 0 Å². The third-order valence-electron chi connectivity index (χ3n) is 4.83. The highest BCUT2D eigenvalue weighted by Crippen LogP contribution is 2.32. The van der Waals surface area contributed by atoms with Crippen molar-refractivity contribution >= 4 is 0 Å². The SMILES string of the molecule is NC1CCC(O)(Cc2ccn(C3CCCC3)n2)CC1. The number of nitrogens with zero attached hydrogens (tertiary/aromatic N) is 2. The normalized spacial score (nSPS) is 32.8. The van der Waals surface area contributed by atoms with Gasteiger partial charge in [-0.15, -0.1) is 0 Å². The molecule has 0 amide bonds. The van der Waals surface area contributed by atoms with Gasteiger partial charge >= 0.3 is 0 Å². The lowest BCUT2D eigenvalue weighted by Crippen LogP contribution is -2.40. The predicted octanol–water partition coefficient (Wildman–Crippen LogP) is 2.17. The van der Waals surface area contributed by atoms with E-state index in [4.69, 9.17) is 5.73 Å². The average molecular weight is 263 g/mol. The van der Waals surface area contributed by atoms with E-state index in [9.17, 15) is 5.11 Å². The fourth-order valence-corrected chi connectivity index (χ4v) is 3.54. The van der Waals surface area contributed by atoms with Crippen molar-refractivity contribution in [2.45, 2.75) is 75.5 Å². The van der Waals surface area contributed by atoms with Crippen molar-refractivity contribution in [2.24, 2.45) is 5.73 Å². The Labute approximate surface area is 115 Å². The number of aromatic nitrogens is 2. The molecule has 0 saturated heterocycles. The van der Waals surface area contributed by atoms with Crippen LogP contribution < -0.4 is 5.73 Å². The molecule has 3 N–H and O–H groups in total. The van der Waals surface area contributed by atoms with Crippen molar-refractivity contribution < 1.29 is 5.11 Å². The van der Waals surface area contributed by atoms with E-state index in [0.717, 1.165) is 31.4 Å². The highest BCUT2D eigenvalue weighted by Gasteiger charge is 2.33. The van der Waals surface area contributed by atoms with E-state index < -0.39 is 5.60 Å². The van der Waals surface area contributed by atoms with Crippen LogP contribution in [0.3, 0.4) is 0 Å². The highest BCUT2D eigenvalue weighted by atomic mass is 16.3. The van der Waals surface area contributed by atoms with Gasteiger partial charge in [0.05, 0.1) is 17.3 Å². The van der Waals surface area contributed by atoms with Crippen LogP contribution in [-0.4, -0.2) is 26.5 Å². The molecule has 0 aliphatic heterocycles. The quantitative estimate of drug-likeness (QED) is 0.878. The van der Waals surface area contributed by atoms with Gasteiger partial charge in [-0.1, -0.05) is 12.8 Å². The molecule has 4 nitrogen and oxygen atoms in total. The zero-order valence-electron chi connectivity index (χ0n) is 11.6. The van der Waals surface area contributed by atoms with Gasteiger partial charge in [-0.25, -0.2) is 0 Å². The molecule has 2 aliphatic carbocycles. The molecular weight excluding hydrogens is 238 g/mol. The Morgan fingerprint density at radius 1 is 1.26 bits per heavy atom. The topological polar surface area (TPSA) is 64.1 Å². The van der Waals surface area contributed by atoms with Gasteiger partial charge in [0.15, 0.2) is 0 Å². The minimum absolute atomic E-state index is 0.274. The van der Waals surface area contributed by atoms with Crippen LogP contribution in [0.4, 0.5) is 0 Å². The Balaban J connectivity index is 1.63. The Morgan fingerprint density at radius 3 is 2.63 bits per heavy atom. The van der Waals surface area contributed by atoms with Crippen molar-refractivity contribution in [1.29, 1.82) is 0 Å². The first kappa shape index (κ1) is 13.1. The maximum Gasteiger partial charge on any atom is 0.0704 e. The zero-order valence-corrected chi connectivity index (χ0v) is 11.6.